The number of nitrogens with one attached hydrogen (secondary N) is 1. The van der Waals surface area contributed by atoms with Crippen LogP contribution >= 0.6 is 23.2 Å². The molecule has 0 bridgehead atoms. The summed E-state index contributed by atoms with van der Waals surface area (Å²) < 4.78 is 6.00. The van der Waals surface area contributed by atoms with Crippen molar-refractivity contribution in [3.05, 3.63) is 130 Å². The van der Waals surface area contributed by atoms with E-state index in [9.17, 15) is 9.59 Å². The van der Waals surface area contributed by atoms with Crippen molar-refractivity contribution in [1.29, 1.82) is 0 Å². The molecule has 2 amide bonds. The number of pyridine rings is 2. The Hall–Kier alpha value is -4.72. The zero-order valence-electron chi connectivity index (χ0n) is 20.8. The van der Waals surface area contributed by atoms with Gasteiger partial charge < -0.3 is 15.0 Å². The molecule has 1 N–H and O–H groups in total. The number of halogens is 2. The van der Waals surface area contributed by atoms with Crippen LogP contribution in [0, 0.1) is 0 Å². The lowest BCUT2D eigenvalue weighted by molar-refractivity contribution is 0.0984. The molecular weight excluding hydrogens is 547 g/mol. The summed E-state index contributed by atoms with van der Waals surface area (Å²) in [6.07, 6.45) is 4.97. The van der Waals surface area contributed by atoms with E-state index in [0.717, 1.165) is 16.7 Å². The van der Waals surface area contributed by atoms with Gasteiger partial charge in [-0.1, -0.05) is 59.6 Å². The van der Waals surface area contributed by atoms with Crippen LogP contribution in [0.15, 0.2) is 104 Å². The molecule has 0 spiro atoms. The van der Waals surface area contributed by atoms with Crippen LogP contribution in [-0.4, -0.2) is 21.8 Å². The number of ether oxygens (including phenoxy) is 1. The average Bonchev–Trinajstić information content (AvgIpc) is 3.16. The van der Waals surface area contributed by atoms with Crippen LogP contribution < -0.4 is 15.0 Å². The van der Waals surface area contributed by atoms with Gasteiger partial charge in [0, 0.05) is 29.7 Å². The van der Waals surface area contributed by atoms with Crippen LogP contribution in [0.5, 0.6) is 11.6 Å². The quantitative estimate of drug-likeness (QED) is 0.241. The van der Waals surface area contributed by atoms with E-state index in [2.05, 4.69) is 15.3 Å². The third-order valence-electron chi connectivity index (χ3n) is 6.48. The van der Waals surface area contributed by atoms with Gasteiger partial charge >= 0.3 is 0 Å². The van der Waals surface area contributed by atoms with Crippen LogP contribution in [-0.2, 0) is 6.54 Å². The third-order valence-corrected chi connectivity index (χ3v) is 7.11. The number of aromatic nitrogens is 2. The largest absolute Gasteiger partial charge is 0.436 e. The zero-order chi connectivity index (χ0) is 27.6. The summed E-state index contributed by atoms with van der Waals surface area (Å²) >= 11 is 13.2. The maximum Gasteiger partial charge on any atom is 0.260 e. The van der Waals surface area contributed by atoms with Gasteiger partial charge in [0.15, 0.2) is 5.75 Å². The van der Waals surface area contributed by atoms with E-state index in [-0.39, 0.29) is 39.7 Å². The number of carbonyl (C=O) groups is 2. The van der Waals surface area contributed by atoms with Gasteiger partial charge in [0.1, 0.15) is 0 Å². The second-order valence-electron chi connectivity index (χ2n) is 8.98. The molecule has 0 saturated carbocycles. The number of amides is 2. The molecule has 0 saturated heterocycles. The molecule has 0 aliphatic carbocycles. The fourth-order valence-corrected chi connectivity index (χ4v) is 5.00. The number of fused-ring (bicyclic) bond motifs is 2. The molecule has 0 fully saturated rings. The molecule has 3 heterocycles. The molecule has 5 aromatic rings. The first-order valence-corrected chi connectivity index (χ1v) is 13.1. The summed E-state index contributed by atoms with van der Waals surface area (Å²) in [5, 5.41) is 3.15. The summed E-state index contributed by atoms with van der Waals surface area (Å²) in [6.45, 7) is 0.219. The first kappa shape index (κ1) is 25.6. The van der Waals surface area contributed by atoms with E-state index < -0.39 is 0 Å². The summed E-state index contributed by atoms with van der Waals surface area (Å²) in [5.74, 6) is 0.180. The molecule has 7 nitrogen and oxygen atoms in total. The molecule has 0 unspecified atom stereocenters. The standard InChI is InChI=1S/C31H20Cl2N4O3/c32-24-17-26(36-29(38)22-8-2-1-7-21(22)19-11-14-34-15-12-19)25(33)16-23(24)31(39)37-18-20-6-5-13-35-30(20)40-28-10-4-3-9-27(28)37/h1-17H,18H2,(H,36,38). The van der Waals surface area contributed by atoms with Gasteiger partial charge in [0.25, 0.3) is 11.8 Å². The highest BCUT2D eigenvalue weighted by molar-refractivity contribution is 6.38. The first-order chi connectivity index (χ1) is 19.5. The van der Waals surface area contributed by atoms with Gasteiger partial charge in [-0.05, 0) is 59.7 Å². The maximum absolute atomic E-state index is 13.9. The predicted octanol–water partition coefficient (Wildman–Crippen LogP) is 7.66. The SMILES string of the molecule is O=C(Nc1cc(Cl)c(C(=O)N2Cc3cccnc3Oc3ccccc32)cc1Cl)c1ccccc1-c1ccncc1. The minimum Gasteiger partial charge on any atom is -0.436 e. The van der Waals surface area contributed by atoms with Crippen LogP contribution in [0.2, 0.25) is 10.0 Å². The fourth-order valence-electron chi connectivity index (χ4n) is 4.55. The molecule has 40 heavy (non-hydrogen) atoms. The Bertz CT molecular complexity index is 1760. The molecule has 0 radical (unpaired) electrons. The Kier molecular flexibility index (Phi) is 6.90. The van der Waals surface area contributed by atoms with Crippen LogP contribution in [0.3, 0.4) is 0 Å². The second-order valence-corrected chi connectivity index (χ2v) is 9.79. The molecule has 9 heteroatoms. The maximum atomic E-state index is 13.9. The average molecular weight is 567 g/mol. The molecule has 6 rings (SSSR count). The van der Waals surface area contributed by atoms with E-state index in [0.29, 0.717) is 22.9 Å². The Balaban J connectivity index is 1.31. The van der Waals surface area contributed by atoms with E-state index >= 15 is 0 Å². The normalized spacial score (nSPS) is 12.0. The van der Waals surface area contributed by atoms with E-state index in [4.69, 9.17) is 27.9 Å². The number of carbonyl (C=O) groups excluding carboxylic acids is 2. The second kappa shape index (κ2) is 10.8. The van der Waals surface area contributed by atoms with Gasteiger partial charge in [-0.25, -0.2) is 4.98 Å². The smallest absolute Gasteiger partial charge is 0.260 e. The minimum absolute atomic E-state index is 0.140. The number of hydrogen-bond donors (Lipinski definition) is 1. The fraction of sp³-hybridized carbons (Fsp3) is 0.0323. The number of nitrogens with zero attached hydrogens (tertiary/aromatic N) is 3. The van der Waals surface area contributed by atoms with Gasteiger partial charge in [-0.3, -0.25) is 14.6 Å². The van der Waals surface area contributed by atoms with Crippen molar-refractivity contribution < 1.29 is 14.3 Å². The molecular formula is C31H20Cl2N4O3. The lowest BCUT2D eigenvalue weighted by Gasteiger charge is -2.23. The van der Waals surface area contributed by atoms with Gasteiger partial charge in [0.2, 0.25) is 5.88 Å². The monoisotopic (exact) mass is 566 g/mol. The highest BCUT2D eigenvalue weighted by atomic mass is 35.5. The molecule has 3 aromatic carbocycles. The highest BCUT2D eigenvalue weighted by Crippen LogP contribution is 2.40. The molecule has 0 atom stereocenters. The van der Waals surface area contributed by atoms with Crippen molar-refractivity contribution in [2.45, 2.75) is 6.54 Å². The number of anilines is 2. The van der Waals surface area contributed by atoms with E-state index in [1.807, 2.05) is 42.5 Å². The molecule has 2 aromatic heterocycles. The van der Waals surface area contributed by atoms with Crippen molar-refractivity contribution in [3.8, 4) is 22.8 Å². The lowest BCUT2D eigenvalue weighted by atomic mass is 10.00. The highest BCUT2D eigenvalue weighted by Gasteiger charge is 2.28. The first-order valence-electron chi connectivity index (χ1n) is 12.3. The number of rotatable bonds is 4. The minimum atomic E-state index is -0.374. The van der Waals surface area contributed by atoms with Crippen molar-refractivity contribution in [2.24, 2.45) is 0 Å². The molecule has 196 valence electrons. The topological polar surface area (TPSA) is 84.4 Å². The number of benzene rings is 3. The molecule has 1 aliphatic rings. The summed E-state index contributed by atoms with van der Waals surface area (Å²) in [4.78, 5) is 37.1. The van der Waals surface area contributed by atoms with E-state index in [1.54, 1.807) is 53.8 Å². The van der Waals surface area contributed by atoms with Crippen molar-refractivity contribution in [3.63, 3.8) is 0 Å². The lowest BCUT2D eigenvalue weighted by Crippen LogP contribution is -2.30. The summed E-state index contributed by atoms with van der Waals surface area (Å²) in [7, 11) is 0. The summed E-state index contributed by atoms with van der Waals surface area (Å²) in [6, 6.07) is 24.7. The predicted molar refractivity (Wildman–Crippen MR) is 155 cm³/mol. The van der Waals surface area contributed by atoms with Gasteiger partial charge in [0.05, 0.1) is 33.5 Å². The van der Waals surface area contributed by atoms with Crippen LogP contribution in [0.1, 0.15) is 26.3 Å². The van der Waals surface area contributed by atoms with Gasteiger partial charge in [-0.15, -0.1) is 0 Å². The number of para-hydroxylation sites is 2. The van der Waals surface area contributed by atoms with Crippen LogP contribution in [0.25, 0.3) is 11.1 Å². The molecule has 1 aliphatic heterocycles. The Morgan fingerprint density at radius 3 is 2.45 bits per heavy atom. The van der Waals surface area contributed by atoms with Crippen molar-refractivity contribution in [1.82, 2.24) is 9.97 Å². The Morgan fingerprint density at radius 2 is 1.60 bits per heavy atom. The number of hydrogen-bond acceptors (Lipinski definition) is 5. The third kappa shape index (κ3) is 4.88. The van der Waals surface area contributed by atoms with E-state index in [1.165, 1.54) is 12.1 Å². The van der Waals surface area contributed by atoms with Crippen molar-refractivity contribution in [2.75, 3.05) is 10.2 Å². The zero-order valence-corrected chi connectivity index (χ0v) is 22.4. The summed E-state index contributed by atoms with van der Waals surface area (Å²) in [5.41, 5.74) is 3.83. The van der Waals surface area contributed by atoms with Crippen molar-refractivity contribution >= 4 is 46.4 Å². The van der Waals surface area contributed by atoms with Crippen LogP contribution in [0.4, 0.5) is 11.4 Å². The Morgan fingerprint density at radius 1 is 0.825 bits per heavy atom. The Labute approximate surface area is 240 Å². The van der Waals surface area contributed by atoms with Gasteiger partial charge in [-0.2, -0.15) is 0 Å².